The van der Waals surface area contributed by atoms with Crippen LogP contribution in [0.25, 0.3) is 0 Å². The Morgan fingerprint density at radius 3 is 2.37 bits per heavy atom. The van der Waals surface area contributed by atoms with Gasteiger partial charge < -0.3 is 10.6 Å². The maximum absolute atomic E-state index is 6.11. The Kier molecular flexibility index (Phi) is 5.49. The number of nitrogens with two attached hydrogens (primary N) is 1. The largest absolute Gasteiger partial charge is 0.369 e. The quantitative estimate of drug-likeness (QED) is 0.900. The first kappa shape index (κ1) is 14.6. The molecular weight excluding hydrogens is 258 g/mol. The zero-order valence-electron chi connectivity index (χ0n) is 11.7. The SMILES string of the molecule is CCCC(N)CN1CCN(c2ccc(Cl)cc2)CC1. The Hall–Kier alpha value is -0.770. The molecule has 0 saturated carbocycles. The number of anilines is 1. The number of piperazine rings is 1. The lowest BCUT2D eigenvalue weighted by Gasteiger charge is -2.37. The molecular formula is C15H24ClN3. The molecule has 1 saturated heterocycles. The van der Waals surface area contributed by atoms with Crippen molar-refractivity contribution in [3.8, 4) is 0 Å². The number of halogens is 1. The average molecular weight is 282 g/mol. The molecule has 1 unspecified atom stereocenters. The van der Waals surface area contributed by atoms with Crippen LogP contribution in [-0.2, 0) is 0 Å². The maximum atomic E-state index is 6.11. The Morgan fingerprint density at radius 1 is 1.16 bits per heavy atom. The van der Waals surface area contributed by atoms with Crippen molar-refractivity contribution in [2.75, 3.05) is 37.6 Å². The van der Waals surface area contributed by atoms with Crippen molar-refractivity contribution >= 4 is 17.3 Å². The Labute approximate surface area is 121 Å². The Balaban J connectivity index is 1.80. The van der Waals surface area contributed by atoms with Gasteiger partial charge in [-0.2, -0.15) is 0 Å². The summed E-state index contributed by atoms with van der Waals surface area (Å²) in [6.45, 7) is 7.56. The van der Waals surface area contributed by atoms with Crippen LogP contribution in [0.4, 0.5) is 5.69 Å². The highest BCUT2D eigenvalue weighted by Gasteiger charge is 2.18. The summed E-state index contributed by atoms with van der Waals surface area (Å²) >= 11 is 5.92. The number of nitrogens with zero attached hydrogens (tertiary/aromatic N) is 2. The van der Waals surface area contributed by atoms with Gasteiger partial charge in [0.1, 0.15) is 0 Å². The number of hydrogen-bond donors (Lipinski definition) is 1. The van der Waals surface area contributed by atoms with Crippen molar-refractivity contribution < 1.29 is 0 Å². The molecule has 3 nitrogen and oxygen atoms in total. The van der Waals surface area contributed by atoms with E-state index in [1.165, 1.54) is 12.1 Å². The lowest BCUT2D eigenvalue weighted by atomic mass is 10.1. The van der Waals surface area contributed by atoms with E-state index in [1.54, 1.807) is 0 Å². The van der Waals surface area contributed by atoms with E-state index in [2.05, 4.69) is 28.9 Å². The molecule has 1 aromatic carbocycles. The van der Waals surface area contributed by atoms with Crippen molar-refractivity contribution in [1.82, 2.24) is 4.90 Å². The van der Waals surface area contributed by atoms with Crippen LogP contribution in [0.2, 0.25) is 5.02 Å². The maximum Gasteiger partial charge on any atom is 0.0407 e. The van der Waals surface area contributed by atoms with E-state index in [0.29, 0.717) is 6.04 Å². The van der Waals surface area contributed by atoms with Crippen LogP contribution in [0, 0.1) is 0 Å². The van der Waals surface area contributed by atoms with Crippen LogP contribution >= 0.6 is 11.6 Å². The van der Waals surface area contributed by atoms with E-state index in [9.17, 15) is 0 Å². The normalized spacial score (nSPS) is 18.6. The molecule has 0 spiro atoms. The monoisotopic (exact) mass is 281 g/mol. The lowest BCUT2D eigenvalue weighted by molar-refractivity contribution is 0.238. The second-order valence-electron chi connectivity index (χ2n) is 5.31. The number of hydrogen-bond acceptors (Lipinski definition) is 3. The van der Waals surface area contributed by atoms with Gasteiger partial charge in [-0.15, -0.1) is 0 Å². The number of rotatable bonds is 5. The van der Waals surface area contributed by atoms with Crippen molar-refractivity contribution in [2.24, 2.45) is 5.73 Å². The highest BCUT2D eigenvalue weighted by Crippen LogP contribution is 2.19. The summed E-state index contributed by atoms with van der Waals surface area (Å²) in [5, 5.41) is 0.799. The van der Waals surface area contributed by atoms with Crippen LogP contribution in [-0.4, -0.2) is 43.7 Å². The smallest absolute Gasteiger partial charge is 0.0407 e. The fourth-order valence-corrected chi connectivity index (χ4v) is 2.76. The molecule has 2 rings (SSSR count). The van der Waals surface area contributed by atoms with Crippen LogP contribution in [0.3, 0.4) is 0 Å². The predicted molar refractivity (Wildman–Crippen MR) is 83.0 cm³/mol. The van der Waals surface area contributed by atoms with Gasteiger partial charge in [0.2, 0.25) is 0 Å². The molecule has 1 aromatic rings. The molecule has 0 aliphatic carbocycles. The third-order valence-electron chi connectivity index (χ3n) is 3.72. The third-order valence-corrected chi connectivity index (χ3v) is 3.97. The molecule has 106 valence electrons. The number of benzene rings is 1. The minimum absolute atomic E-state index is 0.326. The summed E-state index contributed by atoms with van der Waals surface area (Å²) in [7, 11) is 0. The van der Waals surface area contributed by atoms with Crippen LogP contribution in [0.1, 0.15) is 19.8 Å². The van der Waals surface area contributed by atoms with Gasteiger partial charge in [0.25, 0.3) is 0 Å². The van der Waals surface area contributed by atoms with E-state index in [1.807, 2.05) is 12.1 Å². The first-order chi connectivity index (χ1) is 9.19. The molecule has 2 N–H and O–H groups in total. The molecule has 19 heavy (non-hydrogen) atoms. The molecule has 1 aliphatic rings. The van der Waals surface area contributed by atoms with Crippen LogP contribution in [0.5, 0.6) is 0 Å². The van der Waals surface area contributed by atoms with Gasteiger partial charge in [-0.1, -0.05) is 24.9 Å². The summed E-state index contributed by atoms with van der Waals surface area (Å²) in [6, 6.07) is 8.44. The van der Waals surface area contributed by atoms with Gasteiger partial charge in [-0.25, -0.2) is 0 Å². The van der Waals surface area contributed by atoms with Crippen LogP contribution < -0.4 is 10.6 Å². The molecule has 0 aromatic heterocycles. The highest BCUT2D eigenvalue weighted by molar-refractivity contribution is 6.30. The summed E-state index contributed by atoms with van der Waals surface area (Å²) in [5.74, 6) is 0. The molecule has 1 fully saturated rings. The predicted octanol–water partition coefficient (Wildman–Crippen LogP) is 2.59. The standard InChI is InChI=1S/C15H24ClN3/c1-2-3-14(17)12-18-8-10-19(11-9-18)15-6-4-13(16)5-7-15/h4-7,14H,2-3,8-12,17H2,1H3. The van der Waals surface area contributed by atoms with Crippen LogP contribution in [0.15, 0.2) is 24.3 Å². The van der Waals surface area contributed by atoms with E-state index < -0.39 is 0 Å². The topological polar surface area (TPSA) is 32.5 Å². The fourth-order valence-electron chi connectivity index (χ4n) is 2.63. The van der Waals surface area contributed by atoms with Crippen molar-refractivity contribution in [1.29, 1.82) is 0 Å². The van der Waals surface area contributed by atoms with E-state index in [4.69, 9.17) is 17.3 Å². The molecule has 1 aliphatic heterocycles. The van der Waals surface area contributed by atoms with Crippen molar-refractivity contribution in [2.45, 2.75) is 25.8 Å². The van der Waals surface area contributed by atoms with Crippen molar-refractivity contribution in [3.05, 3.63) is 29.3 Å². The lowest BCUT2D eigenvalue weighted by Crippen LogP contribution is -2.49. The molecule has 1 heterocycles. The minimum Gasteiger partial charge on any atom is -0.369 e. The zero-order chi connectivity index (χ0) is 13.7. The van der Waals surface area contributed by atoms with Gasteiger partial charge in [-0.3, -0.25) is 4.90 Å². The summed E-state index contributed by atoms with van der Waals surface area (Å²) in [5.41, 5.74) is 7.37. The Bertz CT molecular complexity index is 371. The summed E-state index contributed by atoms with van der Waals surface area (Å²) in [4.78, 5) is 4.89. The van der Waals surface area contributed by atoms with Gasteiger partial charge in [0.15, 0.2) is 0 Å². The minimum atomic E-state index is 0.326. The third kappa shape index (κ3) is 4.37. The first-order valence-electron chi connectivity index (χ1n) is 7.17. The van der Waals surface area contributed by atoms with Gasteiger partial charge in [-0.05, 0) is 30.7 Å². The van der Waals surface area contributed by atoms with E-state index in [-0.39, 0.29) is 0 Å². The Morgan fingerprint density at radius 2 is 1.79 bits per heavy atom. The average Bonchev–Trinajstić information content (AvgIpc) is 2.41. The fraction of sp³-hybridized carbons (Fsp3) is 0.600. The second kappa shape index (κ2) is 7.13. The van der Waals surface area contributed by atoms with Gasteiger partial charge >= 0.3 is 0 Å². The summed E-state index contributed by atoms with van der Waals surface area (Å²) in [6.07, 6.45) is 2.29. The van der Waals surface area contributed by atoms with Gasteiger partial charge in [0.05, 0.1) is 0 Å². The summed E-state index contributed by atoms with van der Waals surface area (Å²) < 4.78 is 0. The van der Waals surface area contributed by atoms with Gasteiger partial charge in [0, 0.05) is 49.5 Å². The second-order valence-corrected chi connectivity index (χ2v) is 5.75. The molecule has 1 atom stereocenters. The molecule has 4 heteroatoms. The van der Waals surface area contributed by atoms with Crippen molar-refractivity contribution in [3.63, 3.8) is 0 Å². The first-order valence-corrected chi connectivity index (χ1v) is 7.55. The molecule has 0 bridgehead atoms. The highest BCUT2D eigenvalue weighted by atomic mass is 35.5. The van der Waals surface area contributed by atoms with E-state index in [0.717, 1.165) is 44.2 Å². The molecule has 0 amide bonds. The molecule has 0 radical (unpaired) electrons. The zero-order valence-corrected chi connectivity index (χ0v) is 12.4. The van der Waals surface area contributed by atoms with E-state index >= 15 is 0 Å².